The fraction of sp³-hybridized carbons (Fsp3) is 0.130. The van der Waals surface area contributed by atoms with E-state index in [-0.39, 0.29) is 29.0 Å². The molecule has 0 spiro atoms. The first-order valence-electron chi connectivity index (χ1n) is 9.93. The highest BCUT2D eigenvalue weighted by molar-refractivity contribution is 6.04. The van der Waals surface area contributed by atoms with E-state index in [1.54, 1.807) is 6.07 Å². The summed E-state index contributed by atoms with van der Waals surface area (Å²) in [5, 5.41) is 19.6. The number of benzene rings is 2. The summed E-state index contributed by atoms with van der Waals surface area (Å²) in [7, 11) is 1.47. The van der Waals surface area contributed by atoms with Crippen LogP contribution in [0, 0.1) is 19.7 Å². The second-order valence-electron chi connectivity index (χ2n) is 7.41. The van der Waals surface area contributed by atoms with Gasteiger partial charge in [-0.25, -0.2) is 14.1 Å². The summed E-state index contributed by atoms with van der Waals surface area (Å²) >= 11 is 0. The number of hydrogen-bond donors (Lipinski definition) is 3. The van der Waals surface area contributed by atoms with Gasteiger partial charge in [0.25, 0.3) is 5.91 Å². The van der Waals surface area contributed by atoms with E-state index in [1.807, 2.05) is 32.0 Å². The summed E-state index contributed by atoms with van der Waals surface area (Å²) in [6, 6.07) is 10.2. The molecule has 0 fully saturated rings. The Morgan fingerprint density at radius 1 is 1.06 bits per heavy atom. The van der Waals surface area contributed by atoms with Gasteiger partial charge in [0.15, 0.2) is 11.6 Å². The zero-order chi connectivity index (χ0) is 23.5. The molecule has 2 aromatic heterocycles. The number of anilines is 3. The molecule has 1 amide bonds. The quantitative estimate of drug-likeness (QED) is 0.406. The number of hydrogen-bond acceptors (Lipinski definition) is 7. The molecule has 2 heterocycles. The molecule has 9 nitrogen and oxygen atoms in total. The van der Waals surface area contributed by atoms with Crippen molar-refractivity contribution in [2.24, 2.45) is 0 Å². The molecule has 0 aliphatic carbocycles. The van der Waals surface area contributed by atoms with E-state index < -0.39 is 5.82 Å². The van der Waals surface area contributed by atoms with Gasteiger partial charge < -0.3 is 20.5 Å². The second kappa shape index (κ2) is 8.95. The number of aryl methyl sites for hydroxylation is 2. The number of halogens is 1. The minimum Gasteiger partial charge on any atom is -0.508 e. The van der Waals surface area contributed by atoms with Crippen LogP contribution in [0.2, 0.25) is 0 Å². The van der Waals surface area contributed by atoms with E-state index in [9.17, 15) is 14.3 Å². The fourth-order valence-electron chi connectivity index (χ4n) is 3.29. The highest BCUT2D eigenvalue weighted by Gasteiger charge is 2.15. The largest absolute Gasteiger partial charge is 0.508 e. The number of rotatable bonds is 6. The van der Waals surface area contributed by atoms with E-state index in [0.29, 0.717) is 17.1 Å². The van der Waals surface area contributed by atoms with Gasteiger partial charge in [-0.3, -0.25) is 4.79 Å². The standard InChI is InChI=1S/C23H21FN6O3/c1-13-4-14(2)6-16(5-13)27-22(32)15-10-26-30(12-15)21-20(24)11-25-23(29-21)28-17-7-18(31)9-19(8-17)33-3/h4-12,31H,1-3H3,(H,27,32)(H,25,28,29). The van der Waals surface area contributed by atoms with Crippen LogP contribution >= 0.6 is 0 Å². The lowest BCUT2D eigenvalue weighted by atomic mass is 10.1. The van der Waals surface area contributed by atoms with Gasteiger partial charge in [-0.05, 0) is 37.1 Å². The van der Waals surface area contributed by atoms with Gasteiger partial charge in [0.2, 0.25) is 5.95 Å². The number of ether oxygens (including phenoxy) is 1. The van der Waals surface area contributed by atoms with E-state index in [0.717, 1.165) is 22.0 Å². The maximum Gasteiger partial charge on any atom is 0.258 e. The Morgan fingerprint density at radius 2 is 1.82 bits per heavy atom. The molecule has 168 valence electrons. The Kier molecular flexibility index (Phi) is 5.90. The molecule has 0 unspecified atom stereocenters. The average molecular weight is 448 g/mol. The van der Waals surface area contributed by atoms with Gasteiger partial charge in [0.05, 0.1) is 25.1 Å². The Morgan fingerprint density at radius 3 is 2.55 bits per heavy atom. The minimum atomic E-state index is -0.724. The molecular weight excluding hydrogens is 427 g/mol. The topological polar surface area (TPSA) is 114 Å². The third kappa shape index (κ3) is 5.06. The van der Waals surface area contributed by atoms with Crippen LogP contribution in [0.1, 0.15) is 21.5 Å². The number of aromatic hydroxyl groups is 1. The van der Waals surface area contributed by atoms with Crippen LogP contribution in [-0.4, -0.2) is 37.9 Å². The van der Waals surface area contributed by atoms with Gasteiger partial charge >= 0.3 is 0 Å². The molecule has 0 saturated heterocycles. The smallest absolute Gasteiger partial charge is 0.258 e. The van der Waals surface area contributed by atoms with Crippen LogP contribution in [0.3, 0.4) is 0 Å². The van der Waals surface area contributed by atoms with Gasteiger partial charge in [-0.15, -0.1) is 0 Å². The number of carbonyl (C=O) groups is 1. The molecule has 4 aromatic rings. The third-order valence-electron chi connectivity index (χ3n) is 4.65. The number of nitrogens with one attached hydrogen (secondary N) is 2. The molecule has 0 aliphatic heterocycles. The Bertz CT molecular complexity index is 1320. The molecule has 0 aliphatic rings. The zero-order valence-corrected chi connectivity index (χ0v) is 18.1. The lowest BCUT2D eigenvalue weighted by molar-refractivity contribution is 0.102. The summed E-state index contributed by atoms with van der Waals surface area (Å²) in [6.45, 7) is 3.88. The minimum absolute atomic E-state index is 0.0225. The van der Waals surface area contributed by atoms with Crippen molar-refractivity contribution >= 4 is 23.2 Å². The Hall–Kier alpha value is -4.47. The lowest BCUT2D eigenvalue weighted by Crippen LogP contribution is -2.11. The number of phenols is 1. The summed E-state index contributed by atoms with van der Waals surface area (Å²) < 4.78 is 20.7. The number of phenolic OH excluding ortho intramolecular Hbond substituents is 1. The molecule has 0 radical (unpaired) electrons. The van der Waals surface area contributed by atoms with Gasteiger partial charge in [-0.1, -0.05) is 6.07 Å². The summed E-state index contributed by atoms with van der Waals surface area (Å²) in [6.07, 6.45) is 3.69. The molecular formula is C23H21FN6O3. The predicted molar refractivity (Wildman–Crippen MR) is 121 cm³/mol. The molecule has 0 atom stereocenters. The fourth-order valence-corrected chi connectivity index (χ4v) is 3.29. The summed E-state index contributed by atoms with van der Waals surface area (Å²) in [4.78, 5) is 20.7. The number of aromatic nitrogens is 4. The van der Waals surface area contributed by atoms with E-state index in [1.165, 1.54) is 31.6 Å². The Labute approximate surface area is 188 Å². The molecule has 0 bridgehead atoms. The highest BCUT2D eigenvalue weighted by atomic mass is 19.1. The van der Waals surface area contributed by atoms with Gasteiger partial charge in [0.1, 0.15) is 11.5 Å². The summed E-state index contributed by atoms with van der Waals surface area (Å²) in [5.74, 6) is -0.790. The van der Waals surface area contributed by atoms with E-state index in [2.05, 4.69) is 25.7 Å². The molecule has 10 heteroatoms. The third-order valence-corrected chi connectivity index (χ3v) is 4.65. The second-order valence-corrected chi connectivity index (χ2v) is 7.41. The van der Waals surface area contributed by atoms with Crippen molar-refractivity contribution in [1.29, 1.82) is 0 Å². The van der Waals surface area contributed by atoms with Crippen molar-refractivity contribution in [3.8, 4) is 17.3 Å². The first kappa shape index (κ1) is 21.8. The number of amides is 1. The van der Waals surface area contributed by atoms with Crippen LogP contribution < -0.4 is 15.4 Å². The molecule has 0 saturated carbocycles. The van der Waals surface area contributed by atoms with Gasteiger partial charge in [0, 0.05) is 35.8 Å². The normalized spacial score (nSPS) is 10.7. The average Bonchev–Trinajstić information content (AvgIpc) is 3.24. The van der Waals surface area contributed by atoms with E-state index in [4.69, 9.17) is 4.74 Å². The van der Waals surface area contributed by atoms with Crippen molar-refractivity contribution in [1.82, 2.24) is 19.7 Å². The van der Waals surface area contributed by atoms with Crippen molar-refractivity contribution in [2.45, 2.75) is 13.8 Å². The van der Waals surface area contributed by atoms with Crippen molar-refractivity contribution in [3.05, 3.63) is 77.5 Å². The number of nitrogens with zero attached hydrogens (tertiary/aromatic N) is 4. The Balaban J connectivity index is 1.56. The number of carbonyl (C=O) groups excluding carboxylic acids is 1. The molecule has 3 N–H and O–H groups in total. The SMILES string of the molecule is COc1cc(O)cc(Nc2ncc(F)c(-n3cc(C(=O)Nc4cc(C)cc(C)c4)cn3)n2)c1. The number of methoxy groups -OCH3 is 1. The van der Waals surface area contributed by atoms with Crippen LogP contribution in [0.5, 0.6) is 11.5 Å². The molecule has 2 aromatic carbocycles. The van der Waals surface area contributed by atoms with Gasteiger partial charge in [-0.2, -0.15) is 10.1 Å². The van der Waals surface area contributed by atoms with Crippen molar-refractivity contribution < 1.29 is 19.0 Å². The monoisotopic (exact) mass is 448 g/mol. The maximum absolute atomic E-state index is 14.4. The van der Waals surface area contributed by atoms with Crippen LogP contribution in [0.25, 0.3) is 5.82 Å². The van der Waals surface area contributed by atoms with Crippen LogP contribution in [-0.2, 0) is 0 Å². The molecule has 33 heavy (non-hydrogen) atoms. The van der Waals surface area contributed by atoms with Crippen LogP contribution in [0.15, 0.2) is 55.0 Å². The summed E-state index contributed by atoms with van der Waals surface area (Å²) in [5.41, 5.74) is 3.38. The zero-order valence-electron chi connectivity index (χ0n) is 18.1. The van der Waals surface area contributed by atoms with E-state index >= 15 is 0 Å². The maximum atomic E-state index is 14.4. The highest BCUT2D eigenvalue weighted by Crippen LogP contribution is 2.26. The predicted octanol–water partition coefficient (Wildman–Crippen LogP) is 4.13. The first-order valence-corrected chi connectivity index (χ1v) is 9.93. The van der Waals surface area contributed by atoms with Crippen LogP contribution in [0.4, 0.5) is 21.7 Å². The van der Waals surface area contributed by atoms with Crippen molar-refractivity contribution in [2.75, 3.05) is 17.7 Å². The first-order chi connectivity index (χ1) is 15.8. The molecule has 4 rings (SSSR count). The van der Waals surface area contributed by atoms with Crippen molar-refractivity contribution in [3.63, 3.8) is 0 Å². The lowest BCUT2D eigenvalue weighted by Gasteiger charge is -2.09.